The van der Waals surface area contributed by atoms with E-state index >= 15 is 0 Å². The molecule has 1 atom stereocenters. The van der Waals surface area contributed by atoms with E-state index in [1.807, 2.05) is 13.8 Å². The number of rotatable bonds is 6. The summed E-state index contributed by atoms with van der Waals surface area (Å²) in [6.45, 7) is 11.0. The molecule has 0 aromatic heterocycles. The van der Waals surface area contributed by atoms with Crippen LogP contribution in [0.4, 0.5) is 0 Å². The molecule has 0 saturated carbocycles. The van der Waals surface area contributed by atoms with Crippen molar-refractivity contribution in [2.24, 2.45) is 11.3 Å². The lowest BCUT2D eigenvalue weighted by molar-refractivity contribution is -0.150. The Bertz CT molecular complexity index is 200. The van der Waals surface area contributed by atoms with Crippen LogP contribution < -0.4 is 5.32 Å². The van der Waals surface area contributed by atoms with Gasteiger partial charge in [-0.1, -0.05) is 13.8 Å². The van der Waals surface area contributed by atoms with Crippen LogP contribution in [-0.2, 0) is 9.53 Å². The van der Waals surface area contributed by atoms with E-state index in [0.29, 0.717) is 18.5 Å². The molecule has 0 bridgehead atoms. The molecule has 1 N–H and O–H groups in total. The maximum absolute atomic E-state index is 11.4. The minimum atomic E-state index is -0.444. The number of ether oxygens (including phenoxy) is 1. The minimum Gasteiger partial charge on any atom is -0.469 e. The molecule has 3 nitrogen and oxygen atoms in total. The van der Waals surface area contributed by atoms with Crippen molar-refractivity contribution in [3.8, 4) is 0 Å². The molecule has 0 rings (SSSR count). The van der Waals surface area contributed by atoms with Gasteiger partial charge in [0, 0.05) is 12.6 Å². The normalized spacial score (nSPS) is 14.1. The summed E-state index contributed by atoms with van der Waals surface area (Å²) >= 11 is 0. The van der Waals surface area contributed by atoms with Crippen molar-refractivity contribution in [3.05, 3.63) is 0 Å². The SMILES string of the molecule is COC(=O)C(C)(C)CNC(C)CC(C)C. The van der Waals surface area contributed by atoms with Crippen LogP contribution in [0, 0.1) is 11.3 Å². The third-order valence-electron chi connectivity index (χ3n) is 2.46. The molecule has 1 unspecified atom stereocenters. The molecule has 0 amide bonds. The highest BCUT2D eigenvalue weighted by molar-refractivity contribution is 5.76. The fourth-order valence-electron chi connectivity index (χ4n) is 1.57. The van der Waals surface area contributed by atoms with Gasteiger partial charge in [0.15, 0.2) is 0 Å². The molecule has 0 aromatic carbocycles. The minimum absolute atomic E-state index is 0.160. The van der Waals surface area contributed by atoms with Crippen LogP contribution in [0.3, 0.4) is 0 Å². The molecule has 0 radical (unpaired) electrons. The molecule has 0 saturated heterocycles. The summed E-state index contributed by atoms with van der Waals surface area (Å²) in [6, 6.07) is 0.439. The van der Waals surface area contributed by atoms with Crippen LogP contribution >= 0.6 is 0 Å². The van der Waals surface area contributed by atoms with Crippen LogP contribution in [0.2, 0.25) is 0 Å². The summed E-state index contributed by atoms with van der Waals surface area (Å²) in [4.78, 5) is 11.4. The molecule has 0 aliphatic rings. The van der Waals surface area contributed by atoms with Crippen molar-refractivity contribution >= 4 is 5.97 Å². The zero-order valence-corrected chi connectivity index (χ0v) is 10.9. The van der Waals surface area contributed by atoms with E-state index in [1.165, 1.54) is 7.11 Å². The number of nitrogens with one attached hydrogen (secondary N) is 1. The van der Waals surface area contributed by atoms with E-state index < -0.39 is 5.41 Å². The van der Waals surface area contributed by atoms with E-state index in [2.05, 4.69) is 26.1 Å². The number of hydrogen-bond acceptors (Lipinski definition) is 3. The van der Waals surface area contributed by atoms with Crippen molar-refractivity contribution < 1.29 is 9.53 Å². The lowest BCUT2D eigenvalue weighted by atomic mass is 9.93. The molecular formula is C12H25NO2. The van der Waals surface area contributed by atoms with Crippen molar-refractivity contribution in [2.45, 2.75) is 47.1 Å². The summed E-state index contributed by atoms with van der Waals surface area (Å²) in [6.07, 6.45) is 1.12. The zero-order valence-electron chi connectivity index (χ0n) is 10.9. The number of carbonyl (C=O) groups is 1. The fraction of sp³-hybridized carbons (Fsp3) is 0.917. The Hall–Kier alpha value is -0.570. The summed E-state index contributed by atoms with van der Waals surface area (Å²) < 4.78 is 4.75. The van der Waals surface area contributed by atoms with Gasteiger partial charge in [-0.05, 0) is 33.1 Å². The Kier molecular flexibility index (Phi) is 5.88. The average Bonchev–Trinajstić information content (AvgIpc) is 2.12. The summed E-state index contributed by atoms with van der Waals surface area (Å²) in [5, 5.41) is 3.37. The van der Waals surface area contributed by atoms with Crippen LogP contribution in [0.1, 0.15) is 41.0 Å². The van der Waals surface area contributed by atoms with Gasteiger partial charge in [-0.25, -0.2) is 0 Å². The van der Waals surface area contributed by atoms with E-state index in [9.17, 15) is 4.79 Å². The largest absolute Gasteiger partial charge is 0.469 e. The van der Waals surface area contributed by atoms with Gasteiger partial charge in [0.2, 0.25) is 0 Å². The van der Waals surface area contributed by atoms with Crippen molar-refractivity contribution in [1.29, 1.82) is 0 Å². The Balaban J connectivity index is 3.98. The van der Waals surface area contributed by atoms with Crippen LogP contribution in [-0.4, -0.2) is 25.7 Å². The maximum atomic E-state index is 11.4. The maximum Gasteiger partial charge on any atom is 0.312 e. The van der Waals surface area contributed by atoms with Crippen molar-refractivity contribution in [2.75, 3.05) is 13.7 Å². The van der Waals surface area contributed by atoms with Gasteiger partial charge in [0.1, 0.15) is 0 Å². The third-order valence-corrected chi connectivity index (χ3v) is 2.46. The molecular weight excluding hydrogens is 190 g/mol. The molecule has 0 aliphatic heterocycles. The van der Waals surface area contributed by atoms with E-state index in [4.69, 9.17) is 4.74 Å². The second-order valence-corrected chi connectivity index (χ2v) is 5.29. The lowest BCUT2D eigenvalue weighted by Gasteiger charge is -2.25. The highest BCUT2D eigenvalue weighted by Gasteiger charge is 2.28. The smallest absolute Gasteiger partial charge is 0.312 e. The Morgan fingerprint density at radius 2 is 1.87 bits per heavy atom. The quantitative estimate of drug-likeness (QED) is 0.690. The van der Waals surface area contributed by atoms with Crippen LogP contribution in [0.5, 0.6) is 0 Å². The van der Waals surface area contributed by atoms with Crippen LogP contribution in [0.15, 0.2) is 0 Å². The molecule has 0 heterocycles. The van der Waals surface area contributed by atoms with Gasteiger partial charge >= 0.3 is 5.97 Å². The lowest BCUT2D eigenvalue weighted by Crippen LogP contribution is -2.40. The summed E-state index contributed by atoms with van der Waals surface area (Å²) in [5.41, 5.74) is -0.444. The highest BCUT2D eigenvalue weighted by Crippen LogP contribution is 2.16. The second-order valence-electron chi connectivity index (χ2n) is 5.29. The number of carbonyl (C=O) groups excluding carboxylic acids is 1. The molecule has 0 spiro atoms. The van der Waals surface area contributed by atoms with Crippen molar-refractivity contribution in [3.63, 3.8) is 0 Å². The molecule has 0 aromatic rings. The first-order valence-corrected chi connectivity index (χ1v) is 5.61. The topological polar surface area (TPSA) is 38.3 Å². The van der Waals surface area contributed by atoms with E-state index in [1.54, 1.807) is 0 Å². The Labute approximate surface area is 93.6 Å². The van der Waals surface area contributed by atoms with E-state index in [-0.39, 0.29) is 5.97 Å². The van der Waals surface area contributed by atoms with Gasteiger partial charge in [-0.3, -0.25) is 4.79 Å². The fourth-order valence-corrected chi connectivity index (χ4v) is 1.57. The van der Waals surface area contributed by atoms with Gasteiger partial charge in [-0.15, -0.1) is 0 Å². The second kappa shape index (κ2) is 6.11. The third kappa shape index (κ3) is 5.78. The predicted octanol–water partition coefficient (Wildman–Crippen LogP) is 2.21. The van der Waals surface area contributed by atoms with E-state index in [0.717, 1.165) is 6.42 Å². The monoisotopic (exact) mass is 215 g/mol. The predicted molar refractivity (Wildman–Crippen MR) is 62.7 cm³/mol. The van der Waals surface area contributed by atoms with Crippen LogP contribution in [0.25, 0.3) is 0 Å². The van der Waals surface area contributed by atoms with Gasteiger partial charge in [-0.2, -0.15) is 0 Å². The van der Waals surface area contributed by atoms with Gasteiger partial charge in [0.25, 0.3) is 0 Å². The number of methoxy groups -OCH3 is 1. The molecule has 0 fully saturated rings. The molecule has 90 valence electrons. The summed E-state index contributed by atoms with van der Waals surface area (Å²) in [5.74, 6) is 0.514. The first-order valence-electron chi connectivity index (χ1n) is 5.61. The van der Waals surface area contributed by atoms with Gasteiger partial charge < -0.3 is 10.1 Å². The van der Waals surface area contributed by atoms with Gasteiger partial charge in [0.05, 0.1) is 12.5 Å². The Morgan fingerprint density at radius 1 is 1.33 bits per heavy atom. The van der Waals surface area contributed by atoms with Crippen molar-refractivity contribution in [1.82, 2.24) is 5.32 Å². The first kappa shape index (κ1) is 14.4. The molecule has 15 heavy (non-hydrogen) atoms. The number of esters is 1. The first-order chi connectivity index (χ1) is 6.79. The zero-order chi connectivity index (χ0) is 12.1. The summed E-state index contributed by atoms with van der Waals surface area (Å²) in [7, 11) is 1.43. The molecule has 3 heteroatoms. The Morgan fingerprint density at radius 3 is 2.27 bits per heavy atom. The standard InChI is InChI=1S/C12H25NO2/c1-9(2)7-10(3)13-8-12(4,5)11(14)15-6/h9-10,13H,7-8H2,1-6H3. The molecule has 0 aliphatic carbocycles. The number of hydrogen-bond donors (Lipinski definition) is 1. The highest BCUT2D eigenvalue weighted by atomic mass is 16.5. The average molecular weight is 215 g/mol.